The second-order valence-corrected chi connectivity index (χ2v) is 6.98. The van der Waals surface area contributed by atoms with Gasteiger partial charge in [-0.25, -0.2) is 4.79 Å². The molecule has 0 bridgehead atoms. The Balaban J connectivity index is 1.64. The van der Waals surface area contributed by atoms with E-state index in [1.807, 2.05) is 23.1 Å². The summed E-state index contributed by atoms with van der Waals surface area (Å²) in [6, 6.07) is 9.16. The average molecular weight is 376 g/mol. The number of pyridine rings is 1. The molecule has 0 saturated carbocycles. The molecule has 1 saturated heterocycles. The predicted octanol–water partition coefficient (Wildman–Crippen LogP) is 5.35. The molecule has 6 heteroatoms. The standard InChI is InChI=1S/C19H19Cl2N3O/c1-13-12-24(19(25)23-16-3-2-7-22-11-16)8-6-15(13)9-14-4-5-17(20)18(21)10-14/h2-5,7,9-11,13H,6,8,12H2,1H3,(H,23,25)/b15-9+. The van der Waals surface area contributed by atoms with Crippen LogP contribution in [0.1, 0.15) is 18.9 Å². The maximum atomic E-state index is 12.4. The summed E-state index contributed by atoms with van der Waals surface area (Å²) in [6.45, 7) is 3.50. The van der Waals surface area contributed by atoms with Crippen molar-refractivity contribution in [1.29, 1.82) is 0 Å². The first-order chi connectivity index (χ1) is 12.0. The maximum absolute atomic E-state index is 12.4. The number of anilines is 1. The van der Waals surface area contributed by atoms with Crippen molar-refractivity contribution in [2.45, 2.75) is 13.3 Å². The number of carbonyl (C=O) groups is 1. The molecule has 0 spiro atoms. The molecule has 1 fully saturated rings. The fourth-order valence-electron chi connectivity index (χ4n) is 2.90. The van der Waals surface area contributed by atoms with Crippen molar-refractivity contribution in [3.05, 3.63) is 63.9 Å². The topological polar surface area (TPSA) is 45.2 Å². The highest BCUT2D eigenvalue weighted by Crippen LogP contribution is 2.28. The van der Waals surface area contributed by atoms with Crippen LogP contribution in [0.2, 0.25) is 10.0 Å². The Labute approximate surface area is 157 Å². The number of likely N-dealkylation sites (tertiary alicyclic amines) is 1. The molecule has 0 aliphatic carbocycles. The number of nitrogens with zero attached hydrogens (tertiary/aromatic N) is 2. The SMILES string of the molecule is CC1CN(C(=O)Nc2cccnc2)CC/C1=C\c1ccc(Cl)c(Cl)c1. The number of piperidine rings is 1. The van der Waals surface area contributed by atoms with E-state index in [0.29, 0.717) is 28.8 Å². The van der Waals surface area contributed by atoms with Gasteiger partial charge in [-0.2, -0.15) is 0 Å². The zero-order valence-electron chi connectivity index (χ0n) is 13.9. The Kier molecular flexibility index (Phi) is 5.61. The highest BCUT2D eigenvalue weighted by atomic mass is 35.5. The summed E-state index contributed by atoms with van der Waals surface area (Å²) in [5.41, 5.74) is 3.05. The van der Waals surface area contributed by atoms with Gasteiger partial charge in [0.05, 0.1) is 21.9 Å². The fourth-order valence-corrected chi connectivity index (χ4v) is 3.21. The van der Waals surface area contributed by atoms with Crippen LogP contribution in [0.15, 0.2) is 48.3 Å². The van der Waals surface area contributed by atoms with Gasteiger partial charge in [0.2, 0.25) is 0 Å². The number of amides is 2. The number of hydrogen-bond donors (Lipinski definition) is 1. The first kappa shape index (κ1) is 17.8. The molecule has 3 rings (SSSR count). The van der Waals surface area contributed by atoms with Crippen LogP contribution in [0.3, 0.4) is 0 Å². The van der Waals surface area contributed by atoms with Crippen LogP contribution < -0.4 is 5.32 Å². The maximum Gasteiger partial charge on any atom is 0.321 e. The molecule has 1 aliphatic rings. The molecular formula is C19H19Cl2N3O. The number of nitrogens with one attached hydrogen (secondary N) is 1. The highest BCUT2D eigenvalue weighted by molar-refractivity contribution is 6.42. The van der Waals surface area contributed by atoms with Crippen molar-refractivity contribution in [2.24, 2.45) is 5.92 Å². The van der Waals surface area contributed by atoms with Gasteiger partial charge in [-0.1, -0.05) is 47.8 Å². The van der Waals surface area contributed by atoms with Crippen molar-refractivity contribution >= 4 is 41.0 Å². The molecule has 2 aromatic rings. The summed E-state index contributed by atoms with van der Waals surface area (Å²) >= 11 is 12.0. The molecule has 0 radical (unpaired) electrons. The van der Waals surface area contributed by atoms with Crippen molar-refractivity contribution in [3.8, 4) is 0 Å². The Bertz CT molecular complexity index is 793. The molecular weight excluding hydrogens is 357 g/mol. The summed E-state index contributed by atoms with van der Waals surface area (Å²) < 4.78 is 0. The second-order valence-electron chi connectivity index (χ2n) is 6.16. The van der Waals surface area contributed by atoms with E-state index >= 15 is 0 Å². The highest BCUT2D eigenvalue weighted by Gasteiger charge is 2.24. The van der Waals surface area contributed by atoms with Crippen LogP contribution in [0.5, 0.6) is 0 Å². The van der Waals surface area contributed by atoms with Crippen LogP contribution in [0.25, 0.3) is 6.08 Å². The molecule has 1 N–H and O–H groups in total. The van der Waals surface area contributed by atoms with E-state index in [2.05, 4.69) is 23.3 Å². The van der Waals surface area contributed by atoms with Crippen molar-refractivity contribution in [3.63, 3.8) is 0 Å². The molecule has 25 heavy (non-hydrogen) atoms. The zero-order chi connectivity index (χ0) is 17.8. The van der Waals surface area contributed by atoms with Crippen LogP contribution in [0.4, 0.5) is 10.5 Å². The third-order valence-electron chi connectivity index (χ3n) is 4.29. The fraction of sp³-hybridized carbons (Fsp3) is 0.263. The lowest BCUT2D eigenvalue weighted by Crippen LogP contribution is -2.42. The second kappa shape index (κ2) is 7.89. The molecule has 1 aromatic carbocycles. The minimum atomic E-state index is -0.0894. The lowest BCUT2D eigenvalue weighted by Gasteiger charge is -2.33. The number of urea groups is 1. The van der Waals surface area contributed by atoms with Gasteiger partial charge in [0, 0.05) is 19.3 Å². The molecule has 2 amide bonds. The lowest BCUT2D eigenvalue weighted by atomic mass is 9.91. The molecule has 2 heterocycles. The third kappa shape index (κ3) is 4.53. The Morgan fingerprint density at radius 2 is 2.16 bits per heavy atom. The van der Waals surface area contributed by atoms with E-state index in [0.717, 1.165) is 12.0 Å². The van der Waals surface area contributed by atoms with E-state index in [-0.39, 0.29) is 11.9 Å². The third-order valence-corrected chi connectivity index (χ3v) is 5.03. The Morgan fingerprint density at radius 1 is 1.32 bits per heavy atom. The van der Waals surface area contributed by atoms with Gasteiger partial charge >= 0.3 is 6.03 Å². The largest absolute Gasteiger partial charge is 0.324 e. The molecule has 1 unspecified atom stereocenters. The van der Waals surface area contributed by atoms with Gasteiger partial charge in [0.15, 0.2) is 0 Å². The first-order valence-electron chi connectivity index (χ1n) is 8.14. The predicted molar refractivity (Wildman–Crippen MR) is 103 cm³/mol. The number of rotatable bonds is 2. The quantitative estimate of drug-likeness (QED) is 0.768. The van der Waals surface area contributed by atoms with Crippen molar-refractivity contribution in [2.75, 3.05) is 18.4 Å². The van der Waals surface area contributed by atoms with Gasteiger partial charge in [-0.05, 0) is 42.2 Å². The van der Waals surface area contributed by atoms with E-state index < -0.39 is 0 Å². The van der Waals surface area contributed by atoms with Crippen LogP contribution in [-0.2, 0) is 0 Å². The number of halogens is 2. The molecule has 1 aromatic heterocycles. The molecule has 4 nitrogen and oxygen atoms in total. The van der Waals surface area contributed by atoms with Crippen molar-refractivity contribution < 1.29 is 4.79 Å². The van der Waals surface area contributed by atoms with E-state index in [1.54, 1.807) is 24.5 Å². The monoisotopic (exact) mass is 375 g/mol. The number of hydrogen-bond acceptors (Lipinski definition) is 2. The van der Waals surface area contributed by atoms with E-state index in [9.17, 15) is 4.79 Å². The lowest BCUT2D eigenvalue weighted by molar-refractivity contribution is 0.198. The van der Waals surface area contributed by atoms with Crippen LogP contribution in [0, 0.1) is 5.92 Å². The normalized spacial score (nSPS) is 19.1. The Morgan fingerprint density at radius 3 is 2.84 bits per heavy atom. The number of aromatic nitrogens is 1. The number of benzene rings is 1. The van der Waals surface area contributed by atoms with Crippen molar-refractivity contribution in [1.82, 2.24) is 9.88 Å². The van der Waals surface area contributed by atoms with Gasteiger partial charge in [0.25, 0.3) is 0 Å². The summed E-state index contributed by atoms with van der Waals surface area (Å²) in [5, 5.41) is 3.99. The van der Waals surface area contributed by atoms with Crippen LogP contribution >= 0.6 is 23.2 Å². The van der Waals surface area contributed by atoms with E-state index in [1.165, 1.54) is 5.57 Å². The van der Waals surface area contributed by atoms with Gasteiger partial charge in [0.1, 0.15) is 0 Å². The molecule has 1 aliphatic heterocycles. The minimum absolute atomic E-state index is 0.0894. The summed E-state index contributed by atoms with van der Waals surface area (Å²) in [5.74, 6) is 0.280. The van der Waals surface area contributed by atoms with E-state index in [4.69, 9.17) is 23.2 Å². The molecule has 130 valence electrons. The summed E-state index contributed by atoms with van der Waals surface area (Å²) in [6.07, 6.45) is 6.30. The number of carbonyl (C=O) groups excluding carboxylic acids is 1. The first-order valence-corrected chi connectivity index (χ1v) is 8.90. The van der Waals surface area contributed by atoms with Gasteiger partial charge in [-0.3, -0.25) is 4.98 Å². The summed E-state index contributed by atoms with van der Waals surface area (Å²) in [4.78, 5) is 18.2. The Hall–Kier alpha value is -2.04. The smallest absolute Gasteiger partial charge is 0.321 e. The van der Waals surface area contributed by atoms with Gasteiger partial charge in [-0.15, -0.1) is 0 Å². The van der Waals surface area contributed by atoms with Gasteiger partial charge < -0.3 is 10.2 Å². The van der Waals surface area contributed by atoms with Crippen LogP contribution in [-0.4, -0.2) is 29.0 Å². The average Bonchev–Trinajstić information content (AvgIpc) is 2.60. The summed E-state index contributed by atoms with van der Waals surface area (Å²) in [7, 11) is 0. The molecule has 1 atom stereocenters. The zero-order valence-corrected chi connectivity index (χ0v) is 15.4. The minimum Gasteiger partial charge on any atom is -0.324 e.